The molecular formula is C13H11ClFNO3S. The van der Waals surface area contributed by atoms with Gasteiger partial charge in [-0.2, -0.15) is 0 Å². The molecule has 0 spiro atoms. The minimum atomic E-state index is -4.05. The number of aliphatic hydroxyl groups excluding tert-OH is 1. The van der Waals surface area contributed by atoms with Gasteiger partial charge in [-0.3, -0.25) is 4.72 Å². The zero-order chi connectivity index (χ0) is 14.8. The predicted molar refractivity (Wildman–Crippen MR) is 74.6 cm³/mol. The van der Waals surface area contributed by atoms with Gasteiger partial charge in [-0.15, -0.1) is 0 Å². The van der Waals surface area contributed by atoms with Crippen molar-refractivity contribution in [1.82, 2.24) is 0 Å². The van der Waals surface area contributed by atoms with E-state index in [9.17, 15) is 12.8 Å². The minimum Gasteiger partial charge on any atom is -0.392 e. The molecule has 0 aliphatic carbocycles. The van der Waals surface area contributed by atoms with E-state index in [0.717, 1.165) is 12.1 Å². The Kier molecular flexibility index (Phi) is 4.27. The molecule has 0 aromatic heterocycles. The molecule has 106 valence electrons. The van der Waals surface area contributed by atoms with Crippen molar-refractivity contribution in [3.63, 3.8) is 0 Å². The van der Waals surface area contributed by atoms with Crippen LogP contribution < -0.4 is 4.72 Å². The monoisotopic (exact) mass is 315 g/mol. The summed E-state index contributed by atoms with van der Waals surface area (Å²) in [7, 11) is -4.05. The maximum absolute atomic E-state index is 13.7. The van der Waals surface area contributed by atoms with Crippen LogP contribution in [0.15, 0.2) is 47.4 Å². The number of aliphatic hydroxyl groups is 1. The van der Waals surface area contributed by atoms with E-state index in [1.54, 1.807) is 12.1 Å². The highest BCUT2D eigenvalue weighted by Gasteiger charge is 2.19. The largest absolute Gasteiger partial charge is 0.392 e. The molecule has 0 aliphatic heterocycles. The highest BCUT2D eigenvalue weighted by molar-refractivity contribution is 7.92. The first kappa shape index (κ1) is 14.8. The number of halogens is 2. The van der Waals surface area contributed by atoms with Crippen LogP contribution in [0.4, 0.5) is 10.1 Å². The van der Waals surface area contributed by atoms with E-state index in [1.165, 1.54) is 18.2 Å². The highest BCUT2D eigenvalue weighted by Crippen LogP contribution is 2.22. The zero-order valence-corrected chi connectivity index (χ0v) is 11.7. The molecule has 0 saturated heterocycles. The summed E-state index contributed by atoms with van der Waals surface area (Å²) < 4.78 is 40.1. The van der Waals surface area contributed by atoms with Gasteiger partial charge < -0.3 is 5.11 Å². The minimum absolute atomic E-state index is 0.115. The summed E-state index contributed by atoms with van der Waals surface area (Å²) in [6.45, 7) is -0.217. The van der Waals surface area contributed by atoms with E-state index in [4.69, 9.17) is 16.7 Å². The fourth-order valence-electron chi connectivity index (χ4n) is 1.64. The number of nitrogens with one attached hydrogen (secondary N) is 1. The fraction of sp³-hybridized carbons (Fsp3) is 0.0769. The van der Waals surface area contributed by atoms with Gasteiger partial charge in [0.25, 0.3) is 10.0 Å². The van der Waals surface area contributed by atoms with Gasteiger partial charge in [0.2, 0.25) is 0 Å². The molecule has 2 N–H and O–H groups in total. The third-order valence-corrected chi connectivity index (χ3v) is 4.19. The van der Waals surface area contributed by atoms with Gasteiger partial charge in [0.15, 0.2) is 0 Å². The summed E-state index contributed by atoms with van der Waals surface area (Å²) in [6.07, 6.45) is 0. The van der Waals surface area contributed by atoms with Gasteiger partial charge in [0.1, 0.15) is 10.7 Å². The Labute approximate surface area is 120 Å². The van der Waals surface area contributed by atoms with Crippen LogP contribution in [0, 0.1) is 5.82 Å². The maximum atomic E-state index is 13.7. The van der Waals surface area contributed by atoms with Crippen LogP contribution in [-0.4, -0.2) is 13.5 Å². The van der Waals surface area contributed by atoms with Gasteiger partial charge in [0.05, 0.1) is 6.61 Å². The van der Waals surface area contributed by atoms with E-state index in [0.29, 0.717) is 5.56 Å². The first-order valence-corrected chi connectivity index (χ1v) is 7.46. The molecule has 0 radical (unpaired) electrons. The summed E-state index contributed by atoms with van der Waals surface area (Å²) in [5.41, 5.74) is 0.785. The number of benzene rings is 2. The summed E-state index contributed by atoms with van der Waals surface area (Å²) in [4.78, 5) is -0.490. The SMILES string of the molecule is O=S(=O)(Nc1cccc(CO)c1)c1ccc(Cl)cc1F. The second-order valence-corrected chi connectivity index (χ2v) is 6.13. The molecular weight excluding hydrogens is 305 g/mol. The summed E-state index contributed by atoms with van der Waals surface area (Å²) >= 11 is 5.58. The Balaban J connectivity index is 2.35. The molecule has 2 rings (SSSR count). The Morgan fingerprint density at radius 2 is 1.95 bits per heavy atom. The molecule has 0 bridgehead atoms. The van der Waals surface area contributed by atoms with Crippen molar-refractivity contribution in [1.29, 1.82) is 0 Å². The molecule has 0 amide bonds. The van der Waals surface area contributed by atoms with Crippen molar-refractivity contribution in [2.24, 2.45) is 0 Å². The highest BCUT2D eigenvalue weighted by atomic mass is 35.5. The van der Waals surface area contributed by atoms with Crippen molar-refractivity contribution in [3.05, 3.63) is 58.9 Å². The first-order valence-electron chi connectivity index (χ1n) is 5.60. The Morgan fingerprint density at radius 3 is 2.60 bits per heavy atom. The quantitative estimate of drug-likeness (QED) is 0.911. The normalized spacial score (nSPS) is 11.3. The number of hydrogen-bond acceptors (Lipinski definition) is 3. The third kappa shape index (κ3) is 3.27. The van der Waals surface area contributed by atoms with Crippen molar-refractivity contribution in [3.8, 4) is 0 Å². The maximum Gasteiger partial charge on any atom is 0.264 e. The predicted octanol–water partition coefficient (Wildman–Crippen LogP) is 2.77. The molecule has 2 aromatic rings. The molecule has 0 fully saturated rings. The topological polar surface area (TPSA) is 66.4 Å². The summed E-state index contributed by atoms with van der Waals surface area (Å²) in [5, 5.41) is 9.11. The lowest BCUT2D eigenvalue weighted by Crippen LogP contribution is -2.14. The van der Waals surface area contributed by atoms with E-state index in [-0.39, 0.29) is 17.3 Å². The summed E-state index contributed by atoms with van der Waals surface area (Å²) in [5.74, 6) is -0.927. The van der Waals surface area contributed by atoms with Crippen molar-refractivity contribution in [2.45, 2.75) is 11.5 Å². The average molecular weight is 316 g/mol. The molecule has 2 aromatic carbocycles. The number of hydrogen-bond donors (Lipinski definition) is 2. The fourth-order valence-corrected chi connectivity index (χ4v) is 2.91. The van der Waals surface area contributed by atoms with Gasteiger partial charge in [-0.1, -0.05) is 23.7 Å². The number of anilines is 1. The van der Waals surface area contributed by atoms with Gasteiger partial charge in [-0.05, 0) is 35.9 Å². The van der Waals surface area contributed by atoms with Crippen LogP contribution in [0.2, 0.25) is 5.02 Å². The van der Waals surface area contributed by atoms with Crippen molar-refractivity contribution in [2.75, 3.05) is 4.72 Å². The molecule has 4 nitrogen and oxygen atoms in total. The van der Waals surface area contributed by atoms with Crippen LogP contribution in [0.3, 0.4) is 0 Å². The molecule has 0 unspecified atom stereocenters. The lowest BCUT2D eigenvalue weighted by molar-refractivity contribution is 0.282. The number of rotatable bonds is 4. The van der Waals surface area contributed by atoms with Crippen LogP contribution in [0.25, 0.3) is 0 Å². The summed E-state index contributed by atoms with van der Waals surface area (Å²) in [6, 6.07) is 9.51. The zero-order valence-electron chi connectivity index (χ0n) is 10.2. The smallest absolute Gasteiger partial charge is 0.264 e. The Bertz CT molecular complexity index is 734. The number of sulfonamides is 1. The van der Waals surface area contributed by atoms with Crippen LogP contribution >= 0.6 is 11.6 Å². The Hall–Kier alpha value is -1.63. The van der Waals surface area contributed by atoms with Crippen molar-refractivity contribution >= 4 is 27.3 Å². The lowest BCUT2D eigenvalue weighted by Gasteiger charge is -2.09. The van der Waals surface area contributed by atoms with Crippen molar-refractivity contribution < 1.29 is 17.9 Å². The van der Waals surface area contributed by atoms with E-state index in [1.807, 2.05) is 0 Å². The van der Waals surface area contributed by atoms with E-state index >= 15 is 0 Å². The molecule has 20 heavy (non-hydrogen) atoms. The molecule has 0 heterocycles. The standard InChI is InChI=1S/C13H11ClFNO3S/c14-10-4-5-13(12(15)7-10)20(18,19)16-11-3-1-2-9(6-11)8-17/h1-7,16-17H,8H2. The van der Waals surface area contributed by atoms with Gasteiger partial charge in [0, 0.05) is 10.7 Å². The van der Waals surface area contributed by atoms with Crippen LogP contribution in [0.1, 0.15) is 5.56 Å². The third-order valence-electron chi connectivity index (χ3n) is 2.55. The first-order chi connectivity index (χ1) is 9.42. The second-order valence-electron chi connectivity index (χ2n) is 4.04. The van der Waals surface area contributed by atoms with Gasteiger partial charge in [-0.25, -0.2) is 12.8 Å². The van der Waals surface area contributed by atoms with E-state index < -0.39 is 20.7 Å². The van der Waals surface area contributed by atoms with Crippen LogP contribution in [-0.2, 0) is 16.6 Å². The molecule has 0 atom stereocenters. The molecule has 7 heteroatoms. The average Bonchev–Trinajstić information content (AvgIpc) is 2.37. The lowest BCUT2D eigenvalue weighted by atomic mass is 10.2. The Morgan fingerprint density at radius 1 is 1.20 bits per heavy atom. The van der Waals surface area contributed by atoms with Crippen LogP contribution in [0.5, 0.6) is 0 Å². The molecule has 0 saturated carbocycles. The second kappa shape index (κ2) is 5.78. The molecule has 0 aliphatic rings. The van der Waals surface area contributed by atoms with Gasteiger partial charge >= 0.3 is 0 Å². The van der Waals surface area contributed by atoms with E-state index in [2.05, 4.69) is 4.72 Å².